The van der Waals surface area contributed by atoms with E-state index in [1.54, 1.807) is 12.1 Å². The summed E-state index contributed by atoms with van der Waals surface area (Å²) in [6, 6.07) is 23.1. The lowest BCUT2D eigenvalue weighted by Crippen LogP contribution is -2.41. The van der Waals surface area contributed by atoms with Gasteiger partial charge in [-0.3, -0.25) is 9.59 Å². The number of nitrogens with zero attached hydrogens (tertiary/aromatic N) is 2. The maximum absolute atomic E-state index is 12.9. The molecule has 2 aliphatic rings. The van der Waals surface area contributed by atoms with E-state index in [9.17, 15) is 9.59 Å². The number of anilines is 1. The Kier molecular flexibility index (Phi) is 7.36. The topological polar surface area (TPSA) is 91.7 Å². The van der Waals surface area contributed by atoms with E-state index in [4.69, 9.17) is 14.7 Å². The fraction of sp³-hybridized carbons (Fsp3) is 0.300. The van der Waals surface area contributed by atoms with Crippen LogP contribution >= 0.6 is 0 Å². The quantitative estimate of drug-likeness (QED) is 0.508. The minimum atomic E-state index is -0.122. The van der Waals surface area contributed by atoms with Crippen LogP contribution in [0, 0.1) is 17.2 Å². The van der Waals surface area contributed by atoms with Gasteiger partial charge in [-0.15, -0.1) is 0 Å². The Hall–Kier alpha value is -4.31. The molecule has 0 aromatic heterocycles. The van der Waals surface area contributed by atoms with Gasteiger partial charge in [0.25, 0.3) is 11.8 Å². The van der Waals surface area contributed by atoms with E-state index in [1.165, 1.54) is 5.56 Å². The normalized spacial score (nSPS) is 15.2. The summed E-state index contributed by atoms with van der Waals surface area (Å²) in [5.41, 5.74) is 4.36. The van der Waals surface area contributed by atoms with Gasteiger partial charge in [-0.2, -0.15) is 5.26 Å². The molecular formula is C30H29N3O4. The Morgan fingerprint density at radius 3 is 2.65 bits per heavy atom. The van der Waals surface area contributed by atoms with Crippen molar-refractivity contribution in [3.63, 3.8) is 0 Å². The molecule has 5 rings (SSSR count). The van der Waals surface area contributed by atoms with Gasteiger partial charge in [0.15, 0.2) is 13.2 Å². The van der Waals surface area contributed by atoms with Gasteiger partial charge in [0.2, 0.25) is 0 Å². The highest BCUT2D eigenvalue weighted by atomic mass is 16.5. The number of rotatable bonds is 7. The fourth-order valence-electron chi connectivity index (χ4n) is 4.91. The van der Waals surface area contributed by atoms with Crippen LogP contribution < -0.4 is 14.8 Å². The number of hydrogen-bond donors (Lipinski definition) is 1. The number of likely N-dealkylation sites (tertiary alicyclic amines) is 1. The van der Waals surface area contributed by atoms with Crippen molar-refractivity contribution in [2.24, 2.45) is 5.92 Å². The third-order valence-electron chi connectivity index (χ3n) is 7.05. The molecule has 0 bridgehead atoms. The number of amides is 2. The summed E-state index contributed by atoms with van der Waals surface area (Å²) in [4.78, 5) is 26.3. The third-order valence-corrected chi connectivity index (χ3v) is 7.05. The molecule has 7 heteroatoms. The number of para-hydroxylation sites is 1. The Labute approximate surface area is 216 Å². The van der Waals surface area contributed by atoms with Crippen molar-refractivity contribution in [1.29, 1.82) is 5.26 Å². The number of carbonyl (C=O) groups excluding carboxylic acids is 2. The maximum atomic E-state index is 12.9. The highest BCUT2D eigenvalue weighted by Crippen LogP contribution is 2.31. The van der Waals surface area contributed by atoms with Crippen molar-refractivity contribution >= 4 is 17.5 Å². The summed E-state index contributed by atoms with van der Waals surface area (Å²) >= 11 is 0. The number of nitriles is 1. The number of hydrogen-bond acceptors (Lipinski definition) is 5. The van der Waals surface area contributed by atoms with Crippen molar-refractivity contribution in [2.45, 2.75) is 25.7 Å². The molecule has 1 fully saturated rings. The molecule has 2 amide bonds. The van der Waals surface area contributed by atoms with Gasteiger partial charge < -0.3 is 19.7 Å². The number of benzene rings is 3. The molecule has 0 atom stereocenters. The summed E-state index contributed by atoms with van der Waals surface area (Å²) in [6.07, 6.45) is 3.91. The molecule has 0 saturated carbocycles. The number of aryl methyl sites for hydroxylation is 1. The van der Waals surface area contributed by atoms with E-state index in [2.05, 4.69) is 17.5 Å². The molecule has 3 aromatic carbocycles. The van der Waals surface area contributed by atoms with Crippen LogP contribution in [0.1, 0.15) is 30.4 Å². The number of nitrogens with one attached hydrogen (secondary N) is 1. The van der Waals surface area contributed by atoms with Gasteiger partial charge in [0.05, 0.1) is 17.3 Å². The largest absolute Gasteiger partial charge is 0.483 e. The number of fused-ring (bicyclic) bond motifs is 1. The predicted octanol–water partition coefficient (Wildman–Crippen LogP) is 4.81. The molecule has 3 aromatic rings. The van der Waals surface area contributed by atoms with Crippen LogP contribution in [0.15, 0.2) is 66.7 Å². The summed E-state index contributed by atoms with van der Waals surface area (Å²) in [6.45, 7) is 1.54. The first kappa shape index (κ1) is 24.4. The fourth-order valence-corrected chi connectivity index (χ4v) is 4.91. The molecule has 0 spiro atoms. The number of carbonyl (C=O) groups is 2. The minimum Gasteiger partial charge on any atom is -0.483 e. The van der Waals surface area contributed by atoms with Crippen molar-refractivity contribution in [3.8, 4) is 28.7 Å². The molecular weight excluding hydrogens is 466 g/mol. The Morgan fingerprint density at radius 1 is 1.08 bits per heavy atom. The molecule has 2 aliphatic heterocycles. The minimum absolute atomic E-state index is 0.000869. The third kappa shape index (κ3) is 5.92. The average molecular weight is 496 g/mol. The molecule has 1 N–H and O–H groups in total. The number of piperidine rings is 1. The lowest BCUT2D eigenvalue weighted by atomic mass is 9.90. The van der Waals surface area contributed by atoms with E-state index >= 15 is 0 Å². The summed E-state index contributed by atoms with van der Waals surface area (Å²) in [5.74, 6) is 1.81. The standard InChI is InChI=1S/C30H29N3O4/c31-18-23-7-10-24(11-8-23)25-3-1-2-4-27(25)37-20-30(35)33-15-13-21(14-16-33)5-6-22-9-12-28-26(17-22)32-29(34)19-36-28/h1-4,7-12,17,21H,5-6,13-16,19-20H2,(H,32,34). The number of ether oxygens (including phenoxy) is 2. The Bertz CT molecular complexity index is 1320. The second kappa shape index (κ2) is 11.2. The predicted molar refractivity (Wildman–Crippen MR) is 140 cm³/mol. The first-order valence-electron chi connectivity index (χ1n) is 12.6. The van der Waals surface area contributed by atoms with Crippen molar-refractivity contribution in [3.05, 3.63) is 77.9 Å². The zero-order valence-corrected chi connectivity index (χ0v) is 20.6. The monoisotopic (exact) mass is 495 g/mol. The van der Waals surface area contributed by atoms with Crippen molar-refractivity contribution in [2.75, 3.05) is 31.6 Å². The van der Waals surface area contributed by atoms with Gasteiger partial charge in [0, 0.05) is 18.7 Å². The van der Waals surface area contributed by atoms with Gasteiger partial charge in [-0.1, -0.05) is 36.4 Å². The van der Waals surface area contributed by atoms with E-state index < -0.39 is 0 Å². The van der Waals surface area contributed by atoms with Crippen LogP contribution in [0.5, 0.6) is 11.5 Å². The molecule has 188 valence electrons. The molecule has 1 saturated heterocycles. The van der Waals surface area contributed by atoms with Gasteiger partial charge in [0.1, 0.15) is 11.5 Å². The van der Waals surface area contributed by atoms with Crippen LogP contribution in [0.25, 0.3) is 11.1 Å². The lowest BCUT2D eigenvalue weighted by Gasteiger charge is -2.32. The van der Waals surface area contributed by atoms with E-state index in [0.29, 0.717) is 17.2 Å². The van der Waals surface area contributed by atoms with Gasteiger partial charge in [-0.25, -0.2) is 0 Å². The average Bonchev–Trinajstić information content (AvgIpc) is 2.95. The van der Waals surface area contributed by atoms with Gasteiger partial charge >= 0.3 is 0 Å². The van der Waals surface area contributed by atoms with Crippen molar-refractivity contribution in [1.82, 2.24) is 4.90 Å². The second-order valence-electron chi connectivity index (χ2n) is 9.50. The van der Waals surface area contributed by atoms with E-state index in [-0.39, 0.29) is 25.0 Å². The summed E-state index contributed by atoms with van der Waals surface area (Å²) in [5, 5.41) is 11.9. The van der Waals surface area contributed by atoms with Crippen LogP contribution in [-0.4, -0.2) is 43.0 Å². The maximum Gasteiger partial charge on any atom is 0.262 e. The van der Waals surface area contributed by atoms with E-state index in [0.717, 1.165) is 61.3 Å². The molecule has 2 heterocycles. The Balaban J connectivity index is 1.10. The van der Waals surface area contributed by atoms with Crippen LogP contribution in [0.2, 0.25) is 0 Å². The Morgan fingerprint density at radius 2 is 1.86 bits per heavy atom. The van der Waals surface area contributed by atoms with Crippen molar-refractivity contribution < 1.29 is 19.1 Å². The molecule has 0 radical (unpaired) electrons. The highest BCUT2D eigenvalue weighted by Gasteiger charge is 2.24. The van der Waals surface area contributed by atoms with Gasteiger partial charge in [-0.05, 0) is 73.1 Å². The van der Waals surface area contributed by atoms with Crippen LogP contribution in [-0.2, 0) is 16.0 Å². The lowest BCUT2D eigenvalue weighted by molar-refractivity contribution is -0.134. The SMILES string of the molecule is N#Cc1ccc(-c2ccccc2OCC(=O)N2CCC(CCc3ccc4c(c3)NC(=O)CO4)CC2)cc1. The van der Waals surface area contributed by atoms with Crippen LogP contribution in [0.4, 0.5) is 5.69 Å². The first-order chi connectivity index (χ1) is 18.1. The first-order valence-corrected chi connectivity index (χ1v) is 12.6. The van der Waals surface area contributed by atoms with Crippen LogP contribution in [0.3, 0.4) is 0 Å². The molecule has 37 heavy (non-hydrogen) atoms. The van der Waals surface area contributed by atoms with E-state index in [1.807, 2.05) is 53.4 Å². The zero-order valence-electron chi connectivity index (χ0n) is 20.6. The summed E-state index contributed by atoms with van der Waals surface area (Å²) < 4.78 is 11.4. The highest BCUT2D eigenvalue weighted by molar-refractivity contribution is 5.95. The zero-order chi connectivity index (χ0) is 25.6. The summed E-state index contributed by atoms with van der Waals surface area (Å²) in [7, 11) is 0. The molecule has 0 unspecified atom stereocenters. The second-order valence-corrected chi connectivity index (χ2v) is 9.50. The molecule has 0 aliphatic carbocycles. The smallest absolute Gasteiger partial charge is 0.262 e. The molecule has 7 nitrogen and oxygen atoms in total.